The number of ether oxygens (including phenoxy) is 3. The van der Waals surface area contributed by atoms with E-state index in [1.165, 1.54) is 20.1 Å². The zero-order valence-corrected chi connectivity index (χ0v) is 26.7. The second kappa shape index (κ2) is 13.8. The van der Waals surface area contributed by atoms with Crippen LogP contribution in [0.5, 0.6) is 11.5 Å². The summed E-state index contributed by atoms with van der Waals surface area (Å²) in [5.74, 6) is -2.90. The van der Waals surface area contributed by atoms with E-state index in [1.54, 1.807) is 0 Å². The first-order chi connectivity index (χ1) is 23.7. The summed E-state index contributed by atoms with van der Waals surface area (Å²) in [7, 11) is 1.17. The van der Waals surface area contributed by atoms with Crippen LogP contribution in [0.2, 0.25) is 0 Å². The molecule has 1 unspecified atom stereocenters. The predicted octanol–water partition coefficient (Wildman–Crippen LogP) is 9.66. The lowest BCUT2D eigenvalue weighted by Crippen LogP contribution is -2.32. The molecule has 0 bridgehead atoms. The zero-order chi connectivity index (χ0) is 37.6. The van der Waals surface area contributed by atoms with Gasteiger partial charge in [-0.2, -0.15) is 39.5 Å². The first kappa shape index (κ1) is 37.6. The van der Waals surface area contributed by atoms with Crippen molar-refractivity contribution in [1.29, 1.82) is 0 Å². The minimum atomic E-state index is -5.19. The topological polar surface area (TPSA) is 85.3 Å². The summed E-state index contributed by atoms with van der Waals surface area (Å²) in [6, 6.07) is 4.02. The van der Waals surface area contributed by atoms with Gasteiger partial charge in [-0.1, -0.05) is 6.07 Å². The van der Waals surface area contributed by atoms with Gasteiger partial charge in [0, 0.05) is 11.6 Å². The van der Waals surface area contributed by atoms with E-state index < -0.39 is 89.4 Å². The summed E-state index contributed by atoms with van der Waals surface area (Å²) >= 11 is 0. The van der Waals surface area contributed by atoms with Crippen LogP contribution >= 0.6 is 0 Å². The third-order valence-corrected chi connectivity index (χ3v) is 8.97. The fourth-order valence-electron chi connectivity index (χ4n) is 6.26. The molecule has 2 aliphatic rings. The van der Waals surface area contributed by atoms with Crippen molar-refractivity contribution in [1.82, 2.24) is 4.90 Å². The van der Waals surface area contributed by atoms with Crippen molar-refractivity contribution in [3.8, 4) is 22.6 Å². The molecule has 2 fully saturated rings. The molecule has 1 amide bonds. The number of hydrogen-bond donors (Lipinski definition) is 1. The molecule has 7 nitrogen and oxygen atoms in total. The Bertz CT molecular complexity index is 1770. The summed E-state index contributed by atoms with van der Waals surface area (Å²) in [6.07, 6.45) is -17.6. The van der Waals surface area contributed by atoms with Gasteiger partial charge in [-0.05, 0) is 85.7 Å². The number of hydrogen-bond acceptors (Lipinski definition) is 5. The molecule has 0 radical (unpaired) electrons. The number of nitrogens with zero attached hydrogens (tertiary/aromatic N) is 1. The molecule has 1 heterocycles. The lowest BCUT2D eigenvalue weighted by molar-refractivity contribution is -0.144. The Balaban J connectivity index is 1.52. The number of amides is 1. The molecule has 1 aliphatic heterocycles. The number of alkyl halides is 9. The average molecular weight is 738 g/mol. The van der Waals surface area contributed by atoms with Gasteiger partial charge in [-0.25, -0.2) is 9.18 Å². The van der Waals surface area contributed by atoms with E-state index in [0.29, 0.717) is 18.2 Å². The van der Waals surface area contributed by atoms with E-state index in [-0.39, 0.29) is 59.9 Å². The molecule has 5 rings (SSSR count). The fraction of sp³-hybridized carbons (Fsp3) is 0.412. The fourth-order valence-corrected chi connectivity index (χ4v) is 6.26. The van der Waals surface area contributed by atoms with Crippen molar-refractivity contribution in [2.24, 2.45) is 5.92 Å². The van der Waals surface area contributed by atoms with Crippen molar-refractivity contribution in [3.63, 3.8) is 0 Å². The summed E-state index contributed by atoms with van der Waals surface area (Å²) in [5.41, 5.74) is -5.26. The Kier molecular flexibility index (Phi) is 10.2. The average Bonchev–Trinajstić information content (AvgIpc) is 3.32. The molecule has 1 N–H and O–H groups in total. The minimum Gasteiger partial charge on any atom is -0.496 e. The van der Waals surface area contributed by atoms with Crippen LogP contribution in [0.1, 0.15) is 66.5 Å². The lowest BCUT2D eigenvalue weighted by Gasteiger charge is -2.27. The second-order valence-electron chi connectivity index (χ2n) is 12.3. The Morgan fingerprint density at radius 2 is 1.41 bits per heavy atom. The highest BCUT2D eigenvalue weighted by molar-refractivity contribution is 5.77. The van der Waals surface area contributed by atoms with Gasteiger partial charge in [0.15, 0.2) is 11.6 Å². The summed E-state index contributed by atoms with van der Waals surface area (Å²) in [6.45, 7) is 0.580. The smallest absolute Gasteiger partial charge is 0.416 e. The first-order valence-corrected chi connectivity index (χ1v) is 15.4. The third-order valence-electron chi connectivity index (χ3n) is 8.97. The molecule has 0 aromatic heterocycles. The van der Waals surface area contributed by atoms with Gasteiger partial charge in [0.2, 0.25) is 0 Å². The Morgan fingerprint density at radius 3 is 1.94 bits per heavy atom. The molecule has 1 saturated carbocycles. The van der Waals surface area contributed by atoms with Crippen LogP contribution in [0, 0.1) is 11.7 Å². The second-order valence-corrected chi connectivity index (χ2v) is 12.3. The number of carbonyl (C=O) groups excluding carboxylic acids is 1. The molecule has 17 heteroatoms. The quantitative estimate of drug-likeness (QED) is 0.232. The maximum absolute atomic E-state index is 15.2. The van der Waals surface area contributed by atoms with Gasteiger partial charge < -0.3 is 19.3 Å². The van der Waals surface area contributed by atoms with Crippen LogP contribution in [-0.2, 0) is 34.6 Å². The molecular formula is C34H29F10NO6. The Hall–Kier alpha value is -4.70. The van der Waals surface area contributed by atoms with Crippen LogP contribution < -0.4 is 9.47 Å². The van der Waals surface area contributed by atoms with Crippen LogP contribution in [0.4, 0.5) is 48.7 Å². The number of carboxylic acid groups (broad SMARTS) is 1. The van der Waals surface area contributed by atoms with Gasteiger partial charge in [-0.3, -0.25) is 9.69 Å². The molecule has 0 spiro atoms. The van der Waals surface area contributed by atoms with E-state index in [2.05, 4.69) is 0 Å². The third kappa shape index (κ3) is 8.12. The van der Waals surface area contributed by atoms with Crippen LogP contribution in [0.25, 0.3) is 11.1 Å². The number of cyclic esters (lactones) is 1. The highest BCUT2D eigenvalue weighted by Crippen LogP contribution is 2.44. The van der Waals surface area contributed by atoms with Gasteiger partial charge in [-0.15, -0.1) is 0 Å². The van der Waals surface area contributed by atoms with Gasteiger partial charge >= 0.3 is 30.6 Å². The molecule has 3 aromatic rings. The lowest BCUT2D eigenvalue weighted by atomic mass is 9.87. The number of methoxy groups -OCH3 is 1. The largest absolute Gasteiger partial charge is 0.496 e. The first-order valence-electron chi connectivity index (χ1n) is 15.4. The number of halogens is 10. The number of carbonyl (C=O) groups is 2. The van der Waals surface area contributed by atoms with Crippen LogP contribution in [-0.4, -0.2) is 41.3 Å². The normalized spacial score (nSPS) is 21.4. The standard InChI is InChI=1S/C34H29F10NO6/c1-16-29(18-9-21(33(39,40)41)12-22(10-18)34(42,43)44)51-31(48)45(16)15-19-11-20(32(36,37)38)5-8-24(19)25-13-28(26(35)14-27(25)49-2)50-23-6-3-17(4-7-23)30(46)47/h5,8-14,16-17,23,29H,3-4,6-7,15H2,1-2H3,(H,46,47)/t16?,17?,23?,29-/m0/s1. The summed E-state index contributed by atoms with van der Waals surface area (Å²) in [4.78, 5) is 25.3. The number of benzene rings is 3. The molecule has 51 heavy (non-hydrogen) atoms. The monoisotopic (exact) mass is 737 g/mol. The van der Waals surface area contributed by atoms with Crippen molar-refractivity contribution >= 4 is 12.1 Å². The molecular weight excluding hydrogens is 708 g/mol. The maximum atomic E-state index is 15.2. The summed E-state index contributed by atoms with van der Waals surface area (Å²) < 4.78 is 155. The van der Waals surface area contributed by atoms with Crippen molar-refractivity contribution in [2.75, 3.05) is 7.11 Å². The van der Waals surface area contributed by atoms with Gasteiger partial charge in [0.25, 0.3) is 0 Å². The number of aliphatic carboxylic acids is 1. The van der Waals surface area contributed by atoms with Crippen LogP contribution in [0.3, 0.4) is 0 Å². The highest BCUT2D eigenvalue weighted by atomic mass is 19.4. The van der Waals surface area contributed by atoms with E-state index in [0.717, 1.165) is 23.1 Å². The van der Waals surface area contributed by atoms with E-state index in [4.69, 9.17) is 14.2 Å². The molecule has 2 atom stereocenters. The predicted molar refractivity (Wildman–Crippen MR) is 158 cm³/mol. The van der Waals surface area contributed by atoms with E-state index in [9.17, 15) is 54.2 Å². The van der Waals surface area contributed by atoms with Gasteiger partial charge in [0.05, 0.1) is 48.4 Å². The number of carboxylic acids is 1. The molecule has 276 valence electrons. The van der Waals surface area contributed by atoms with E-state index >= 15 is 4.39 Å². The molecule has 1 saturated heterocycles. The SMILES string of the molecule is COc1cc(F)c(OC2CCC(C(=O)O)CC2)cc1-c1ccc(C(F)(F)F)cc1CN1C(=O)O[C@H](c2cc(C(F)(F)F)cc(C(F)(F)F)c2)C1C. The van der Waals surface area contributed by atoms with E-state index in [1.807, 2.05) is 0 Å². The molecule has 1 aliphatic carbocycles. The Morgan fingerprint density at radius 1 is 0.824 bits per heavy atom. The van der Waals surface area contributed by atoms with Crippen molar-refractivity contribution in [3.05, 3.63) is 82.2 Å². The zero-order valence-electron chi connectivity index (χ0n) is 26.7. The molecule has 3 aromatic carbocycles. The Labute approximate surface area is 283 Å². The van der Waals surface area contributed by atoms with Gasteiger partial charge in [0.1, 0.15) is 11.9 Å². The van der Waals surface area contributed by atoms with Crippen molar-refractivity contribution in [2.45, 2.75) is 75.9 Å². The maximum Gasteiger partial charge on any atom is 0.416 e. The highest BCUT2D eigenvalue weighted by Gasteiger charge is 2.44. The number of rotatable bonds is 8. The van der Waals surface area contributed by atoms with Crippen LogP contribution in [0.15, 0.2) is 48.5 Å². The summed E-state index contributed by atoms with van der Waals surface area (Å²) in [5, 5.41) is 9.26. The van der Waals surface area contributed by atoms with Crippen molar-refractivity contribution < 1.29 is 72.8 Å². The minimum absolute atomic E-state index is 0.00108.